The Balaban J connectivity index is 0.000000771. The lowest BCUT2D eigenvalue weighted by atomic mass is 9.90. The van der Waals surface area contributed by atoms with Crippen LogP contribution >= 0.6 is 0 Å². The highest BCUT2D eigenvalue weighted by Gasteiger charge is 2.09. The third-order valence-electron chi connectivity index (χ3n) is 3.43. The lowest BCUT2D eigenvalue weighted by Crippen LogP contribution is -1.94. The first-order chi connectivity index (χ1) is 8.61. The fraction of sp³-hybridized carbons (Fsp3) is 0.333. The van der Waals surface area contributed by atoms with Crippen LogP contribution in [0.25, 0.3) is 11.1 Å². The highest BCUT2D eigenvalue weighted by molar-refractivity contribution is 5.73. The summed E-state index contributed by atoms with van der Waals surface area (Å²) in [5.74, 6) is 0. The molecule has 0 aliphatic rings. The van der Waals surface area contributed by atoms with Crippen molar-refractivity contribution >= 4 is 0 Å². The number of aryl methyl sites for hydroxylation is 2. The lowest BCUT2D eigenvalue weighted by molar-refractivity contribution is 1.24. The Morgan fingerprint density at radius 3 is 1.56 bits per heavy atom. The molecular formula is C18H24. The first-order valence-electron chi connectivity index (χ1n) is 6.74. The monoisotopic (exact) mass is 240 g/mol. The van der Waals surface area contributed by atoms with Crippen LogP contribution in [0.2, 0.25) is 0 Å². The molecule has 2 aromatic rings. The average Bonchev–Trinajstić information content (AvgIpc) is 2.40. The van der Waals surface area contributed by atoms with Crippen LogP contribution in [0.15, 0.2) is 36.4 Å². The Morgan fingerprint density at radius 1 is 0.667 bits per heavy atom. The van der Waals surface area contributed by atoms with Crippen molar-refractivity contribution in [1.29, 1.82) is 0 Å². The molecule has 0 aromatic heterocycles. The summed E-state index contributed by atoms with van der Waals surface area (Å²) in [4.78, 5) is 0. The summed E-state index contributed by atoms with van der Waals surface area (Å²) in [7, 11) is 0. The third-order valence-corrected chi connectivity index (χ3v) is 3.43. The van der Waals surface area contributed by atoms with E-state index < -0.39 is 0 Å². The van der Waals surface area contributed by atoms with Crippen molar-refractivity contribution in [2.45, 2.75) is 41.5 Å². The van der Waals surface area contributed by atoms with Crippen molar-refractivity contribution in [2.75, 3.05) is 0 Å². The molecule has 0 unspecified atom stereocenters. The maximum absolute atomic E-state index is 2.27. The predicted molar refractivity (Wildman–Crippen MR) is 82.2 cm³/mol. The molecule has 0 aliphatic carbocycles. The molecule has 0 heteroatoms. The van der Waals surface area contributed by atoms with Gasteiger partial charge in [-0.1, -0.05) is 50.2 Å². The topological polar surface area (TPSA) is 0 Å². The molecule has 0 saturated heterocycles. The molecule has 96 valence electrons. The van der Waals surface area contributed by atoms with E-state index in [0.717, 1.165) is 0 Å². The van der Waals surface area contributed by atoms with E-state index in [4.69, 9.17) is 0 Å². The minimum absolute atomic E-state index is 1.32. The van der Waals surface area contributed by atoms with Crippen LogP contribution in [0.3, 0.4) is 0 Å². The predicted octanol–water partition coefficient (Wildman–Crippen LogP) is 5.61. The molecule has 2 rings (SSSR count). The molecule has 0 N–H and O–H groups in total. The number of benzene rings is 2. The maximum Gasteiger partial charge on any atom is -0.0120 e. The lowest BCUT2D eigenvalue weighted by Gasteiger charge is -2.15. The molecule has 2 aromatic carbocycles. The van der Waals surface area contributed by atoms with Gasteiger partial charge in [0.2, 0.25) is 0 Å². The van der Waals surface area contributed by atoms with Gasteiger partial charge in [-0.15, -0.1) is 0 Å². The highest BCUT2D eigenvalue weighted by atomic mass is 14.1. The SMILES string of the molecule is CC.Cc1cc(C)c(C)c(-c2ccccc2)c1C. The molecule has 18 heavy (non-hydrogen) atoms. The summed E-state index contributed by atoms with van der Waals surface area (Å²) in [5, 5.41) is 0. The minimum atomic E-state index is 1.32. The molecule has 0 heterocycles. The Bertz CT molecular complexity index is 481. The molecule has 0 fully saturated rings. The first-order valence-corrected chi connectivity index (χ1v) is 6.74. The smallest absolute Gasteiger partial charge is 0.0120 e. The largest absolute Gasteiger partial charge is 0.0683 e. The third kappa shape index (κ3) is 2.81. The molecule has 0 atom stereocenters. The Kier molecular flexibility index (Phi) is 5.15. The van der Waals surface area contributed by atoms with Gasteiger partial charge >= 0.3 is 0 Å². The van der Waals surface area contributed by atoms with Gasteiger partial charge in [-0.3, -0.25) is 0 Å². The second-order valence-electron chi connectivity index (χ2n) is 4.50. The second-order valence-corrected chi connectivity index (χ2v) is 4.50. The molecule has 0 bridgehead atoms. The average molecular weight is 240 g/mol. The fourth-order valence-electron chi connectivity index (χ4n) is 2.25. The van der Waals surface area contributed by atoms with E-state index in [1.54, 1.807) is 0 Å². The summed E-state index contributed by atoms with van der Waals surface area (Å²) in [5.41, 5.74) is 8.27. The van der Waals surface area contributed by atoms with Crippen LogP contribution in [-0.4, -0.2) is 0 Å². The van der Waals surface area contributed by atoms with Gasteiger partial charge in [-0.05, 0) is 61.1 Å². The Hall–Kier alpha value is -1.56. The standard InChI is InChI=1S/C16H18.C2H6/c1-11-10-12(2)14(4)16(13(11)3)15-8-6-5-7-9-15;1-2/h5-10H,1-4H3;1-2H3. The number of hydrogen-bond acceptors (Lipinski definition) is 0. The molecule has 0 amide bonds. The summed E-state index contributed by atoms with van der Waals surface area (Å²) in [6.45, 7) is 12.8. The highest BCUT2D eigenvalue weighted by Crippen LogP contribution is 2.31. The van der Waals surface area contributed by atoms with Gasteiger partial charge in [-0.2, -0.15) is 0 Å². The van der Waals surface area contributed by atoms with Crippen LogP contribution in [0.4, 0.5) is 0 Å². The zero-order valence-corrected chi connectivity index (χ0v) is 12.5. The van der Waals surface area contributed by atoms with Crippen molar-refractivity contribution in [3.05, 3.63) is 58.7 Å². The number of hydrogen-bond donors (Lipinski definition) is 0. The van der Waals surface area contributed by atoms with E-state index in [-0.39, 0.29) is 0 Å². The molecule has 0 radical (unpaired) electrons. The van der Waals surface area contributed by atoms with Gasteiger partial charge in [0.25, 0.3) is 0 Å². The molecule has 0 saturated carbocycles. The molecule has 0 aliphatic heterocycles. The van der Waals surface area contributed by atoms with Crippen molar-refractivity contribution in [2.24, 2.45) is 0 Å². The maximum atomic E-state index is 2.27. The van der Waals surface area contributed by atoms with Gasteiger partial charge in [0.05, 0.1) is 0 Å². The van der Waals surface area contributed by atoms with Gasteiger partial charge in [0.1, 0.15) is 0 Å². The fourth-order valence-corrected chi connectivity index (χ4v) is 2.25. The van der Waals surface area contributed by atoms with Gasteiger partial charge in [-0.25, -0.2) is 0 Å². The van der Waals surface area contributed by atoms with E-state index in [1.165, 1.54) is 33.4 Å². The van der Waals surface area contributed by atoms with Crippen LogP contribution < -0.4 is 0 Å². The van der Waals surface area contributed by atoms with Crippen LogP contribution in [-0.2, 0) is 0 Å². The zero-order valence-electron chi connectivity index (χ0n) is 12.5. The zero-order chi connectivity index (χ0) is 13.7. The van der Waals surface area contributed by atoms with Crippen molar-refractivity contribution in [1.82, 2.24) is 0 Å². The normalized spacial score (nSPS) is 9.67. The second kappa shape index (κ2) is 6.39. The van der Waals surface area contributed by atoms with Crippen LogP contribution in [0.1, 0.15) is 36.1 Å². The summed E-state index contributed by atoms with van der Waals surface area (Å²) >= 11 is 0. The van der Waals surface area contributed by atoms with E-state index >= 15 is 0 Å². The molecular weight excluding hydrogens is 216 g/mol. The van der Waals surface area contributed by atoms with Crippen molar-refractivity contribution in [3.63, 3.8) is 0 Å². The summed E-state index contributed by atoms with van der Waals surface area (Å²) in [6.07, 6.45) is 0. The summed E-state index contributed by atoms with van der Waals surface area (Å²) in [6, 6.07) is 12.9. The number of rotatable bonds is 1. The van der Waals surface area contributed by atoms with E-state index in [2.05, 4.69) is 64.1 Å². The molecule has 0 nitrogen and oxygen atoms in total. The van der Waals surface area contributed by atoms with Crippen LogP contribution in [0, 0.1) is 27.7 Å². The van der Waals surface area contributed by atoms with E-state index in [0.29, 0.717) is 0 Å². The summed E-state index contributed by atoms with van der Waals surface area (Å²) < 4.78 is 0. The Labute approximate surface area is 112 Å². The van der Waals surface area contributed by atoms with E-state index in [9.17, 15) is 0 Å². The van der Waals surface area contributed by atoms with Gasteiger partial charge in [0, 0.05) is 0 Å². The van der Waals surface area contributed by atoms with Gasteiger partial charge in [0.15, 0.2) is 0 Å². The minimum Gasteiger partial charge on any atom is -0.0683 e. The molecule has 0 spiro atoms. The van der Waals surface area contributed by atoms with Crippen LogP contribution in [0.5, 0.6) is 0 Å². The van der Waals surface area contributed by atoms with Crippen molar-refractivity contribution < 1.29 is 0 Å². The first kappa shape index (κ1) is 14.5. The Morgan fingerprint density at radius 2 is 1.11 bits per heavy atom. The van der Waals surface area contributed by atoms with Gasteiger partial charge < -0.3 is 0 Å². The van der Waals surface area contributed by atoms with E-state index in [1.807, 2.05) is 13.8 Å². The quantitative estimate of drug-likeness (QED) is 0.607. The van der Waals surface area contributed by atoms with Crippen molar-refractivity contribution in [3.8, 4) is 11.1 Å².